The van der Waals surface area contributed by atoms with E-state index in [1.807, 2.05) is 0 Å². The van der Waals surface area contributed by atoms with Gasteiger partial charge in [0, 0.05) is 18.7 Å². The van der Waals surface area contributed by atoms with E-state index in [1.54, 1.807) is 0 Å². The SMILES string of the molecule is O=C(NCCc1c(F)cccc1F)NCCC1CCCC1. The molecule has 0 aliphatic heterocycles. The number of carbonyl (C=O) groups is 1. The van der Waals surface area contributed by atoms with Crippen molar-refractivity contribution in [3.63, 3.8) is 0 Å². The van der Waals surface area contributed by atoms with Crippen LogP contribution in [0.15, 0.2) is 18.2 Å². The Kier molecular flexibility index (Phi) is 5.96. The Hall–Kier alpha value is -1.65. The number of halogens is 2. The molecule has 1 aliphatic carbocycles. The number of benzene rings is 1. The first-order valence-electron chi connectivity index (χ1n) is 7.61. The number of hydrogen-bond acceptors (Lipinski definition) is 1. The van der Waals surface area contributed by atoms with Crippen LogP contribution in [0.5, 0.6) is 0 Å². The van der Waals surface area contributed by atoms with Gasteiger partial charge in [-0.05, 0) is 30.9 Å². The maximum atomic E-state index is 13.4. The average Bonchev–Trinajstić information content (AvgIpc) is 2.95. The minimum absolute atomic E-state index is 0.0174. The molecule has 1 fully saturated rings. The average molecular weight is 296 g/mol. The minimum Gasteiger partial charge on any atom is -0.338 e. The highest BCUT2D eigenvalue weighted by molar-refractivity contribution is 5.73. The third-order valence-electron chi connectivity index (χ3n) is 4.04. The van der Waals surface area contributed by atoms with Crippen LogP contribution < -0.4 is 10.6 Å². The summed E-state index contributed by atoms with van der Waals surface area (Å²) in [5.74, 6) is -0.408. The molecule has 5 heteroatoms. The zero-order valence-corrected chi connectivity index (χ0v) is 12.1. The van der Waals surface area contributed by atoms with Crippen molar-refractivity contribution < 1.29 is 13.6 Å². The van der Waals surface area contributed by atoms with E-state index in [9.17, 15) is 13.6 Å². The number of rotatable bonds is 6. The van der Waals surface area contributed by atoms with Crippen molar-refractivity contribution >= 4 is 6.03 Å². The maximum Gasteiger partial charge on any atom is 0.314 e. The standard InChI is InChI=1S/C16H22F2N2O/c17-14-6-3-7-15(18)13(14)9-11-20-16(21)19-10-8-12-4-1-2-5-12/h3,6-7,12H,1-2,4-5,8-11H2,(H2,19,20,21). The van der Waals surface area contributed by atoms with Crippen molar-refractivity contribution in [3.05, 3.63) is 35.4 Å². The first-order valence-corrected chi connectivity index (χ1v) is 7.61. The summed E-state index contributed by atoms with van der Waals surface area (Å²) in [6, 6.07) is 3.50. The molecule has 0 spiro atoms. The lowest BCUT2D eigenvalue weighted by atomic mass is 10.0. The van der Waals surface area contributed by atoms with E-state index in [2.05, 4.69) is 10.6 Å². The normalized spacial score (nSPS) is 15.1. The second-order valence-electron chi connectivity index (χ2n) is 5.57. The van der Waals surface area contributed by atoms with Crippen LogP contribution in [-0.4, -0.2) is 19.1 Å². The minimum atomic E-state index is -0.571. The second kappa shape index (κ2) is 7.96. The molecule has 0 aromatic heterocycles. The fourth-order valence-corrected chi connectivity index (χ4v) is 2.82. The summed E-state index contributed by atoms with van der Waals surface area (Å²) < 4.78 is 26.8. The fraction of sp³-hybridized carbons (Fsp3) is 0.562. The van der Waals surface area contributed by atoms with Crippen LogP contribution in [0.3, 0.4) is 0 Å². The van der Waals surface area contributed by atoms with Crippen LogP contribution in [0.4, 0.5) is 13.6 Å². The van der Waals surface area contributed by atoms with Crippen molar-refractivity contribution in [3.8, 4) is 0 Å². The van der Waals surface area contributed by atoms with E-state index in [4.69, 9.17) is 0 Å². The number of carbonyl (C=O) groups excluding carboxylic acids is 1. The summed E-state index contributed by atoms with van der Waals surface area (Å²) in [5.41, 5.74) is 0.0174. The highest BCUT2D eigenvalue weighted by atomic mass is 19.1. The Morgan fingerprint density at radius 1 is 1.10 bits per heavy atom. The second-order valence-corrected chi connectivity index (χ2v) is 5.57. The first-order chi connectivity index (χ1) is 10.2. The lowest BCUT2D eigenvalue weighted by Crippen LogP contribution is -2.37. The van der Waals surface area contributed by atoms with E-state index >= 15 is 0 Å². The molecular weight excluding hydrogens is 274 g/mol. The molecule has 0 saturated heterocycles. The van der Waals surface area contributed by atoms with Gasteiger partial charge in [0.2, 0.25) is 0 Å². The van der Waals surface area contributed by atoms with Gasteiger partial charge in [-0.3, -0.25) is 0 Å². The van der Waals surface area contributed by atoms with Gasteiger partial charge in [-0.15, -0.1) is 0 Å². The zero-order valence-electron chi connectivity index (χ0n) is 12.1. The summed E-state index contributed by atoms with van der Waals surface area (Å²) in [4.78, 5) is 11.6. The lowest BCUT2D eigenvalue weighted by Gasteiger charge is -2.11. The third kappa shape index (κ3) is 4.99. The Morgan fingerprint density at radius 3 is 2.38 bits per heavy atom. The molecule has 116 valence electrons. The molecule has 3 nitrogen and oxygen atoms in total. The van der Waals surface area contributed by atoms with Crippen molar-refractivity contribution in [2.75, 3.05) is 13.1 Å². The predicted octanol–water partition coefficient (Wildman–Crippen LogP) is 3.39. The van der Waals surface area contributed by atoms with Crippen LogP contribution in [0, 0.1) is 17.6 Å². The molecule has 0 unspecified atom stereocenters. The monoisotopic (exact) mass is 296 g/mol. The first kappa shape index (κ1) is 15.7. The predicted molar refractivity (Wildman–Crippen MR) is 78.0 cm³/mol. The maximum absolute atomic E-state index is 13.4. The molecule has 1 aliphatic rings. The highest BCUT2D eigenvalue weighted by Gasteiger charge is 2.14. The summed E-state index contributed by atoms with van der Waals surface area (Å²) in [6.45, 7) is 0.873. The van der Waals surface area contributed by atoms with Gasteiger partial charge >= 0.3 is 6.03 Å². The summed E-state index contributed by atoms with van der Waals surface area (Å²) in [7, 11) is 0. The number of amides is 2. The molecule has 2 N–H and O–H groups in total. The van der Waals surface area contributed by atoms with Crippen LogP contribution in [0.25, 0.3) is 0 Å². The number of urea groups is 1. The van der Waals surface area contributed by atoms with E-state index < -0.39 is 11.6 Å². The summed E-state index contributed by atoms with van der Waals surface area (Å²) in [5, 5.41) is 5.42. The highest BCUT2D eigenvalue weighted by Crippen LogP contribution is 2.26. The molecule has 0 bridgehead atoms. The smallest absolute Gasteiger partial charge is 0.314 e. The van der Waals surface area contributed by atoms with E-state index in [0.717, 1.165) is 12.3 Å². The van der Waals surface area contributed by atoms with E-state index in [-0.39, 0.29) is 24.6 Å². The Labute approximate surface area is 124 Å². The van der Waals surface area contributed by atoms with E-state index in [0.29, 0.717) is 6.54 Å². The third-order valence-corrected chi connectivity index (χ3v) is 4.04. The zero-order chi connectivity index (χ0) is 15.1. The quantitative estimate of drug-likeness (QED) is 0.830. The topological polar surface area (TPSA) is 41.1 Å². The Bertz CT molecular complexity index is 453. The van der Waals surface area contributed by atoms with Gasteiger partial charge in [-0.1, -0.05) is 31.7 Å². The van der Waals surface area contributed by atoms with Gasteiger partial charge in [0.05, 0.1) is 0 Å². The Balaban J connectivity index is 1.62. The van der Waals surface area contributed by atoms with Gasteiger partial charge in [-0.25, -0.2) is 13.6 Å². The number of nitrogens with one attached hydrogen (secondary N) is 2. The molecule has 2 amide bonds. The molecule has 0 radical (unpaired) electrons. The van der Waals surface area contributed by atoms with Crippen molar-refractivity contribution in [1.29, 1.82) is 0 Å². The molecule has 21 heavy (non-hydrogen) atoms. The Morgan fingerprint density at radius 2 is 1.71 bits per heavy atom. The molecule has 2 rings (SSSR count). The van der Waals surface area contributed by atoms with Gasteiger partial charge < -0.3 is 10.6 Å². The largest absolute Gasteiger partial charge is 0.338 e. The van der Waals surface area contributed by atoms with Crippen molar-refractivity contribution in [2.24, 2.45) is 5.92 Å². The van der Waals surface area contributed by atoms with Gasteiger partial charge in [-0.2, -0.15) is 0 Å². The molecule has 0 atom stereocenters. The van der Waals surface area contributed by atoms with Gasteiger partial charge in [0.15, 0.2) is 0 Å². The number of hydrogen-bond donors (Lipinski definition) is 2. The van der Waals surface area contributed by atoms with Gasteiger partial charge in [0.25, 0.3) is 0 Å². The van der Waals surface area contributed by atoms with Crippen LogP contribution in [0.1, 0.15) is 37.7 Å². The van der Waals surface area contributed by atoms with Gasteiger partial charge in [0.1, 0.15) is 11.6 Å². The fourth-order valence-electron chi connectivity index (χ4n) is 2.82. The molecule has 1 aromatic rings. The molecule has 1 saturated carbocycles. The van der Waals surface area contributed by atoms with Crippen LogP contribution >= 0.6 is 0 Å². The van der Waals surface area contributed by atoms with Crippen LogP contribution in [0.2, 0.25) is 0 Å². The summed E-state index contributed by atoms with van der Waals surface area (Å²) >= 11 is 0. The lowest BCUT2D eigenvalue weighted by molar-refractivity contribution is 0.240. The van der Waals surface area contributed by atoms with Crippen molar-refractivity contribution in [2.45, 2.75) is 38.5 Å². The summed E-state index contributed by atoms with van der Waals surface area (Å²) in [6.07, 6.45) is 6.27. The van der Waals surface area contributed by atoms with E-state index in [1.165, 1.54) is 43.9 Å². The molecular formula is C16H22F2N2O. The molecule has 0 heterocycles. The van der Waals surface area contributed by atoms with Crippen LogP contribution in [-0.2, 0) is 6.42 Å². The van der Waals surface area contributed by atoms with Crippen molar-refractivity contribution in [1.82, 2.24) is 10.6 Å². The molecule has 1 aromatic carbocycles.